The molecule has 1 atom stereocenters. The van der Waals surface area contributed by atoms with Crippen molar-refractivity contribution in [2.45, 2.75) is 45.1 Å². The van der Waals surface area contributed by atoms with Gasteiger partial charge in [-0.3, -0.25) is 4.68 Å². The van der Waals surface area contributed by atoms with E-state index in [1.54, 1.807) is 11.1 Å². The number of hydrogen-bond donors (Lipinski definition) is 2. The van der Waals surface area contributed by atoms with E-state index in [4.69, 9.17) is 0 Å². The SMILES string of the molecule is Cc1nn(C)cc1[C@H]1NCCc2c1[nH]c1c2CCCC1. The lowest BCUT2D eigenvalue weighted by molar-refractivity contribution is 0.554. The third-order valence-corrected chi connectivity index (χ3v) is 4.82. The van der Waals surface area contributed by atoms with E-state index in [0.717, 1.165) is 18.7 Å². The first-order valence-electron chi connectivity index (χ1n) is 7.70. The molecule has 0 radical (unpaired) electrons. The van der Waals surface area contributed by atoms with Crippen LogP contribution in [0.5, 0.6) is 0 Å². The number of H-pyrrole nitrogens is 1. The van der Waals surface area contributed by atoms with Gasteiger partial charge in [-0.1, -0.05) is 0 Å². The van der Waals surface area contributed by atoms with Gasteiger partial charge in [-0.25, -0.2) is 0 Å². The third-order valence-electron chi connectivity index (χ3n) is 4.82. The van der Waals surface area contributed by atoms with Crippen LogP contribution in [0.3, 0.4) is 0 Å². The van der Waals surface area contributed by atoms with Gasteiger partial charge >= 0.3 is 0 Å². The van der Waals surface area contributed by atoms with Crippen molar-refractivity contribution < 1.29 is 0 Å². The molecule has 106 valence electrons. The number of aromatic amines is 1. The van der Waals surface area contributed by atoms with E-state index in [9.17, 15) is 0 Å². The van der Waals surface area contributed by atoms with E-state index < -0.39 is 0 Å². The Hall–Kier alpha value is -1.55. The molecule has 0 fully saturated rings. The van der Waals surface area contributed by atoms with Gasteiger partial charge in [0.1, 0.15) is 0 Å². The predicted molar refractivity (Wildman–Crippen MR) is 78.9 cm³/mol. The van der Waals surface area contributed by atoms with Gasteiger partial charge in [-0.05, 0) is 50.2 Å². The first-order chi connectivity index (χ1) is 9.74. The Labute approximate surface area is 119 Å². The normalized spacial score (nSPS) is 21.6. The summed E-state index contributed by atoms with van der Waals surface area (Å²) in [5.41, 5.74) is 8.55. The standard InChI is InChI=1S/C16H22N4/c1-10-13(9-20(2)19-10)15-16-12(7-8-17-15)11-5-3-4-6-14(11)18-16/h9,15,17-18H,3-8H2,1-2H3/t15-/m1/s1. The van der Waals surface area contributed by atoms with Crippen LogP contribution in [0, 0.1) is 6.92 Å². The maximum Gasteiger partial charge on any atom is 0.0765 e. The molecule has 2 aliphatic rings. The van der Waals surface area contributed by atoms with E-state index in [1.807, 2.05) is 11.7 Å². The van der Waals surface area contributed by atoms with Gasteiger partial charge in [-0.2, -0.15) is 5.10 Å². The van der Waals surface area contributed by atoms with Crippen LogP contribution in [0.2, 0.25) is 0 Å². The molecule has 4 nitrogen and oxygen atoms in total. The zero-order valence-electron chi connectivity index (χ0n) is 12.3. The molecule has 1 aliphatic carbocycles. The third kappa shape index (κ3) is 1.74. The van der Waals surface area contributed by atoms with Crippen molar-refractivity contribution >= 4 is 0 Å². The van der Waals surface area contributed by atoms with Crippen LogP contribution >= 0.6 is 0 Å². The molecule has 4 rings (SSSR count). The minimum atomic E-state index is 0.290. The molecule has 0 spiro atoms. The van der Waals surface area contributed by atoms with Crippen molar-refractivity contribution in [3.05, 3.63) is 40.0 Å². The number of aromatic nitrogens is 3. The molecule has 4 heteroatoms. The summed E-state index contributed by atoms with van der Waals surface area (Å²) in [5.74, 6) is 0. The molecular weight excluding hydrogens is 248 g/mol. The summed E-state index contributed by atoms with van der Waals surface area (Å²) < 4.78 is 1.92. The highest BCUT2D eigenvalue weighted by Crippen LogP contribution is 2.35. The number of nitrogens with one attached hydrogen (secondary N) is 2. The molecule has 0 saturated carbocycles. The van der Waals surface area contributed by atoms with Crippen molar-refractivity contribution in [3.63, 3.8) is 0 Å². The van der Waals surface area contributed by atoms with Gasteiger partial charge in [0.15, 0.2) is 0 Å². The topological polar surface area (TPSA) is 45.6 Å². The Morgan fingerprint density at radius 1 is 1.20 bits per heavy atom. The highest BCUT2D eigenvalue weighted by molar-refractivity contribution is 5.45. The molecule has 0 amide bonds. The van der Waals surface area contributed by atoms with Crippen LogP contribution in [0.25, 0.3) is 0 Å². The average Bonchev–Trinajstić information content (AvgIpc) is 2.98. The molecular formula is C16H22N4. The maximum atomic E-state index is 4.50. The van der Waals surface area contributed by atoms with Gasteiger partial charge in [0.05, 0.1) is 11.7 Å². The maximum absolute atomic E-state index is 4.50. The monoisotopic (exact) mass is 270 g/mol. The van der Waals surface area contributed by atoms with Crippen LogP contribution in [-0.2, 0) is 26.3 Å². The average molecular weight is 270 g/mol. The largest absolute Gasteiger partial charge is 0.360 e. The van der Waals surface area contributed by atoms with Gasteiger partial charge in [0.2, 0.25) is 0 Å². The van der Waals surface area contributed by atoms with Gasteiger partial charge in [-0.15, -0.1) is 0 Å². The first-order valence-corrected chi connectivity index (χ1v) is 7.70. The predicted octanol–water partition coefficient (Wildman–Crippen LogP) is 2.17. The summed E-state index contributed by atoms with van der Waals surface area (Å²) in [6.07, 6.45) is 8.48. The summed E-state index contributed by atoms with van der Waals surface area (Å²) in [6.45, 7) is 3.17. The Morgan fingerprint density at radius 3 is 2.85 bits per heavy atom. The molecule has 2 N–H and O–H groups in total. The van der Waals surface area contributed by atoms with Gasteiger partial charge in [0.25, 0.3) is 0 Å². The second-order valence-electron chi connectivity index (χ2n) is 6.16. The number of rotatable bonds is 1. The Morgan fingerprint density at radius 2 is 2.05 bits per heavy atom. The van der Waals surface area contributed by atoms with Crippen molar-refractivity contribution in [1.82, 2.24) is 20.1 Å². The molecule has 2 aromatic rings. The van der Waals surface area contributed by atoms with E-state index >= 15 is 0 Å². The summed E-state index contributed by atoms with van der Waals surface area (Å²) in [5, 5.41) is 8.17. The summed E-state index contributed by atoms with van der Waals surface area (Å²) in [7, 11) is 2.00. The first kappa shape index (κ1) is 12.2. The smallest absolute Gasteiger partial charge is 0.0765 e. The lowest BCUT2D eigenvalue weighted by atomic mass is 9.89. The van der Waals surface area contributed by atoms with Crippen LogP contribution in [0.15, 0.2) is 6.20 Å². The number of nitrogens with zero attached hydrogens (tertiary/aromatic N) is 2. The minimum Gasteiger partial charge on any atom is -0.360 e. The van der Waals surface area contributed by atoms with Crippen molar-refractivity contribution in [3.8, 4) is 0 Å². The second kappa shape index (κ2) is 4.48. The molecule has 3 heterocycles. The van der Waals surface area contributed by atoms with Gasteiger partial charge < -0.3 is 10.3 Å². The lowest BCUT2D eigenvalue weighted by Crippen LogP contribution is -2.31. The van der Waals surface area contributed by atoms with E-state index in [0.29, 0.717) is 0 Å². The molecule has 0 bridgehead atoms. The minimum absolute atomic E-state index is 0.290. The molecule has 20 heavy (non-hydrogen) atoms. The number of aryl methyl sites for hydroxylation is 3. The molecule has 2 aromatic heterocycles. The number of fused-ring (bicyclic) bond motifs is 3. The zero-order chi connectivity index (χ0) is 13.7. The zero-order valence-corrected chi connectivity index (χ0v) is 12.3. The van der Waals surface area contributed by atoms with Crippen molar-refractivity contribution in [1.29, 1.82) is 0 Å². The number of hydrogen-bond acceptors (Lipinski definition) is 2. The van der Waals surface area contributed by atoms with Crippen molar-refractivity contribution in [2.24, 2.45) is 7.05 Å². The summed E-state index contributed by atoms with van der Waals surface area (Å²) in [6, 6.07) is 0.290. The van der Waals surface area contributed by atoms with E-state index in [1.165, 1.54) is 42.6 Å². The quantitative estimate of drug-likeness (QED) is 0.834. The van der Waals surface area contributed by atoms with E-state index in [2.05, 4.69) is 28.5 Å². The summed E-state index contributed by atoms with van der Waals surface area (Å²) in [4.78, 5) is 3.74. The van der Waals surface area contributed by atoms with Gasteiger partial charge in [0, 0.05) is 36.7 Å². The Kier molecular flexibility index (Phi) is 2.74. The second-order valence-corrected chi connectivity index (χ2v) is 6.16. The lowest BCUT2D eigenvalue weighted by Gasteiger charge is -2.24. The Balaban J connectivity index is 1.82. The van der Waals surface area contributed by atoms with Crippen LogP contribution in [-0.4, -0.2) is 21.3 Å². The van der Waals surface area contributed by atoms with Crippen molar-refractivity contribution in [2.75, 3.05) is 6.54 Å². The summed E-state index contributed by atoms with van der Waals surface area (Å²) >= 11 is 0. The highest BCUT2D eigenvalue weighted by atomic mass is 15.3. The fourth-order valence-corrected chi connectivity index (χ4v) is 3.92. The van der Waals surface area contributed by atoms with Crippen LogP contribution < -0.4 is 5.32 Å². The Bertz CT molecular complexity index is 650. The van der Waals surface area contributed by atoms with Crippen LogP contribution in [0.1, 0.15) is 52.7 Å². The molecule has 0 saturated heterocycles. The van der Waals surface area contributed by atoms with Crippen LogP contribution in [0.4, 0.5) is 0 Å². The molecule has 0 unspecified atom stereocenters. The fraction of sp³-hybridized carbons (Fsp3) is 0.562. The van der Waals surface area contributed by atoms with E-state index in [-0.39, 0.29) is 6.04 Å². The molecule has 1 aliphatic heterocycles. The fourth-order valence-electron chi connectivity index (χ4n) is 3.92. The highest BCUT2D eigenvalue weighted by Gasteiger charge is 2.30. The molecule has 0 aromatic carbocycles.